The van der Waals surface area contributed by atoms with Crippen molar-refractivity contribution in [1.82, 2.24) is 14.6 Å². The first-order chi connectivity index (χ1) is 14.9. The van der Waals surface area contributed by atoms with Crippen LogP contribution in [0.1, 0.15) is 24.8 Å². The standard InChI is InChI=1S/C23H26N4O3S/c1-17-14-18-8-7-12-21(22(18)24-15-17)31(29,30)27-13-6-5-11-20(27)16-25-23(28)26-19-9-3-2-4-10-19/h2-4,7-10,12,14-15,20H,5-6,11,13,16H2,1H3,(H2,25,26,28). The van der Waals surface area contributed by atoms with Gasteiger partial charge in [0.15, 0.2) is 0 Å². The van der Waals surface area contributed by atoms with Gasteiger partial charge in [-0.3, -0.25) is 4.98 Å². The predicted octanol–water partition coefficient (Wildman–Crippen LogP) is 3.91. The molecular formula is C23H26N4O3S. The molecule has 1 saturated heterocycles. The van der Waals surface area contributed by atoms with E-state index in [-0.39, 0.29) is 23.5 Å². The molecule has 4 rings (SSSR count). The summed E-state index contributed by atoms with van der Waals surface area (Å²) in [5.41, 5.74) is 2.14. The number of carbonyl (C=O) groups excluding carboxylic acids is 1. The van der Waals surface area contributed by atoms with Gasteiger partial charge in [-0.2, -0.15) is 4.31 Å². The molecule has 1 aliphatic rings. The summed E-state index contributed by atoms with van der Waals surface area (Å²) >= 11 is 0. The number of anilines is 1. The number of sulfonamides is 1. The number of carbonyl (C=O) groups is 1. The highest BCUT2D eigenvalue weighted by molar-refractivity contribution is 7.89. The molecule has 7 nitrogen and oxygen atoms in total. The van der Waals surface area contributed by atoms with Crippen LogP contribution in [0.4, 0.5) is 10.5 Å². The summed E-state index contributed by atoms with van der Waals surface area (Å²) in [6.07, 6.45) is 4.10. The summed E-state index contributed by atoms with van der Waals surface area (Å²) < 4.78 is 28.7. The Morgan fingerprint density at radius 2 is 1.94 bits per heavy atom. The third-order valence-electron chi connectivity index (χ3n) is 5.50. The first kappa shape index (κ1) is 21.3. The van der Waals surface area contributed by atoms with Gasteiger partial charge in [0.2, 0.25) is 10.0 Å². The molecule has 2 heterocycles. The highest BCUT2D eigenvalue weighted by Gasteiger charge is 2.34. The van der Waals surface area contributed by atoms with Gasteiger partial charge in [-0.25, -0.2) is 13.2 Å². The summed E-state index contributed by atoms with van der Waals surface area (Å²) in [5.74, 6) is 0. The summed E-state index contributed by atoms with van der Waals surface area (Å²) in [6.45, 7) is 2.60. The first-order valence-electron chi connectivity index (χ1n) is 10.4. The average Bonchev–Trinajstić information content (AvgIpc) is 2.78. The highest BCUT2D eigenvalue weighted by Crippen LogP contribution is 2.29. The Bertz CT molecular complexity index is 1180. The van der Waals surface area contributed by atoms with Gasteiger partial charge >= 0.3 is 6.03 Å². The molecule has 2 amide bonds. The monoisotopic (exact) mass is 438 g/mol. The molecule has 31 heavy (non-hydrogen) atoms. The van der Waals surface area contributed by atoms with Crippen molar-refractivity contribution >= 4 is 32.6 Å². The number of hydrogen-bond acceptors (Lipinski definition) is 4. The number of rotatable bonds is 5. The zero-order valence-electron chi connectivity index (χ0n) is 17.4. The van der Waals surface area contributed by atoms with Crippen LogP contribution in [0.25, 0.3) is 10.9 Å². The number of amides is 2. The van der Waals surface area contributed by atoms with Crippen molar-refractivity contribution in [3.63, 3.8) is 0 Å². The Balaban J connectivity index is 1.53. The van der Waals surface area contributed by atoms with Crippen LogP contribution in [-0.4, -0.2) is 42.9 Å². The number of aromatic nitrogens is 1. The van der Waals surface area contributed by atoms with Gasteiger partial charge in [-0.1, -0.05) is 36.8 Å². The van der Waals surface area contributed by atoms with Crippen molar-refractivity contribution in [2.24, 2.45) is 0 Å². The third-order valence-corrected chi connectivity index (χ3v) is 7.48. The topological polar surface area (TPSA) is 91.4 Å². The van der Waals surface area contributed by atoms with E-state index in [0.717, 1.165) is 23.8 Å². The molecule has 0 spiro atoms. The second kappa shape index (κ2) is 9.03. The Morgan fingerprint density at radius 1 is 1.13 bits per heavy atom. The molecule has 0 radical (unpaired) electrons. The van der Waals surface area contributed by atoms with Crippen molar-refractivity contribution < 1.29 is 13.2 Å². The molecule has 1 unspecified atom stereocenters. The minimum Gasteiger partial charge on any atom is -0.336 e. The van der Waals surface area contributed by atoms with Gasteiger partial charge < -0.3 is 10.6 Å². The molecule has 2 N–H and O–H groups in total. The second-order valence-corrected chi connectivity index (χ2v) is 9.67. The maximum atomic E-state index is 13.6. The molecule has 1 atom stereocenters. The number of piperidine rings is 1. The molecule has 3 aromatic rings. The van der Waals surface area contributed by atoms with E-state index in [9.17, 15) is 13.2 Å². The lowest BCUT2D eigenvalue weighted by Gasteiger charge is -2.34. The number of nitrogens with zero attached hydrogens (tertiary/aromatic N) is 2. The lowest BCUT2D eigenvalue weighted by atomic mass is 10.1. The van der Waals surface area contributed by atoms with E-state index in [0.29, 0.717) is 24.2 Å². The number of nitrogens with one attached hydrogen (secondary N) is 2. The van der Waals surface area contributed by atoms with Gasteiger partial charge in [0.25, 0.3) is 0 Å². The minimum absolute atomic E-state index is 0.214. The van der Waals surface area contributed by atoms with Gasteiger partial charge in [0, 0.05) is 36.4 Å². The minimum atomic E-state index is -3.76. The highest BCUT2D eigenvalue weighted by atomic mass is 32.2. The van der Waals surface area contributed by atoms with E-state index in [4.69, 9.17) is 0 Å². The maximum Gasteiger partial charge on any atom is 0.319 e. The summed E-state index contributed by atoms with van der Waals surface area (Å²) in [6, 6.07) is 15.7. The van der Waals surface area contributed by atoms with Crippen LogP contribution in [0, 0.1) is 6.92 Å². The summed E-state index contributed by atoms with van der Waals surface area (Å²) in [5, 5.41) is 6.40. The summed E-state index contributed by atoms with van der Waals surface area (Å²) in [4.78, 5) is 16.9. The number of fused-ring (bicyclic) bond motifs is 1. The van der Waals surface area contributed by atoms with E-state index < -0.39 is 10.0 Å². The fourth-order valence-corrected chi connectivity index (χ4v) is 5.84. The van der Waals surface area contributed by atoms with Gasteiger partial charge in [-0.15, -0.1) is 0 Å². The van der Waals surface area contributed by atoms with E-state index >= 15 is 0 Å². The molecule has 162 valence electrons. The normalized spacial score (nSPS) is 17.4. The molecule has 0 bridgehead atoms. The zero-order chi connectivity index (χ0) is 21.8. The molecule has 1 aliphatic heterocycles. The molecular weight excluding hydrogens is 412 g/mol. The smallest absolute Gasteiger partial charge is 0.319 e. The fraction of sp³-hybridized carbons (Fsp3) is 0.304. The molecule has 1 fully saturated rings. The van der Waals surface area contributed by atoms with Crippen LogP contribution in [0.3, 0.4) is 0 Å². The SMILES string of the molecule is Cc1cnc2c(S(=O)(=O)N3CCCCC3CNC(=O)Nc3ccccc3)cccc2c1. The molecule has 1 aromatic heterocycles. The average molecular weight is 439 g/mol. The van der Waals surface area contributed by atoms with Crippen LogP contribution in [0.15, 0.2) is 65.7 Å². The van der Waals surface area contributed by atoms with Crippen molar-refractivity contribution in [2.75, 3.05) is 18.4 Å². The Labute approximate surface area is 182 Å². The molecule has 8 heteroatoms. The fourth-order valence-electron chi connectivity index (χ4n) is 3.98. The van der Waals surface area contributed by atoms with Crippen LogP contribution >= 0.6 is 0 Å². The number of aryl methyl sites for hydroxylation is 1. The number of hydrogen-bond donors (Lipinski definition) is 2. The van der Waals surface area contributed by atoms with E-state index in [1.165, 1.54) is 4.31 Å². The third kappa shape index (κ3) is 4.70. The zero-order valence-corrected chi connectivity index (χ0v) is 18.2. The lowest BCUT2D eigenvalue weighted by Crippen LogP contribution is -2.49. The summed E-state index contributed by atoms with van der Waals surface area (Å²) in [7, 11) is -3.76. The first-order valence-corrected chi connectivity index (χ1v) is 11.9. The van der Waals surface area contributed by atoms with Crippen molar-refractivity contribution in [3.8, 4) is 0 Å². The van der Waals surface area contributed by atoms with Crippen LogP contribution < -0.4 is 10.6 Å². The van der Waals surface area contributed by atoms with Crippen LogP contribution in [-0.2, 0) is 10.0 Å². The number of benzene rings is 2. The van der Waals surface area contributed by atoms with Crippen molar-refractivity contribution in [3.05, 3.63) is 66.4 Å². The van der Waals surface area contributed by atoms with Crippen molar-refractivity contribution in [1.29, 1.82) is 0 Å². The van der Waals surface area contributed by atoms with Crippen LogP contribution in [0.2, 0.25) is 0 Å². The van der Waals surface area contributed by atoms with Crippen molar-refractivity contribution in [2.45, 2.75) is 37.1 Å². The second-order valence-electron chi connectivity index (χ2n) is 7.81. The number of urea groups is 1. The Hall–Kier alpha value is -2.97. The van der Waals surface area contributed by atoms with E-state index in [1.807, 2.05) is 37.3 Å². The quantitative estimate of drug-likeness (QED) is 0.632. The van der Waals surface area contributed by atoms with Crippen LogP contribution in [0.5, 0.6) is 0 Å². The lowest BCUT2D eigenvalue weighted by molar-refractivity contribution is 0.231. The number of pyridine rings is 1. The maximum absolute atomic E-state index is 13.6. The van der Waals surface area contributed by atoms with Gasteiger partial charge in [0.1, 0.15) is 4.90 Å². The number of para-hydroxylation sites is 2. The van der Waals surface area contributed by atoms with Gasteiger partial charge in [-0.05, 0) is 49.6 Å². The predicted molar refractivity (Wildman–Crippen MR) is 121 cm³/mol. The largest absolute Gasteiger partial charge is 0.336 e. The molecule has 0 saturated carbocycles. The molecule has 2 aromatic carbocycles. The van der Waals surface area contributed by atoms with E-state index in [1.54, 1.807) is 30.5 Å². The Morgan fingerprint density at radius 3 is 2.74 bits per heavy atom. The van der Waals surface area contributed by atoms with E-state index in [2.05, 4.69) is 15.6 Å². The molecule has 0 aliphatic carbocycles. The van der Waals surface area contributed by atoms with Gasteiger partial charge in [0.05, 0.1) is 5.52 Å². The Kier molecular flexibility index (Phi) is 6.20.